The summed E-state index contributed by atoms with van der Waals surface area (Å²) in [7, 11) is 3.94. The van der Waals surface area contributed by atoms with E-state index in [0.717, 1.165) is 32.5 Å². The lowest BCUT2D eigenvalue weighted by Crippen LogP contribution is -2.53. The van der Waals surface area contributed by atoms with E-state index in [-0.39, 0.29) is 17.4 Å². The fraction of sp³-hybridized carbons (Fsp3) is 0.526. The fourth-order valence-corrected chi connectivity index (χ4v) is 4.60. The monoisotopic (exact) mass is 339 g/mol. The number of nitrogens with zero attached hydrogens (tertiary/aromatic N) is 5. The standard InChI is InChI=1S/C19H25N5O/c1-22-13-15(12-21-22)14-24-9-5-19(6-10-24)17(11-18(25)23(19)2)16-3-7-20-8-4-16/h3-4,7-8,12-13,17H,5-6,9-11,14H2,1-2H3/t17-/m0/s1. The number of aromatic nitrogens is 3. The molecule has 4 rings (SSSR count). The van der Waals surface area contributed by atoms with Crippen LogP contribution in [0.4, 0.5) is 0 Å². The smallest absolute Gasteiger partial charge is 0.223 e. The molecule has 6 nitrogen and oxygen atoms in total. The molecule has 0 radical (unpaired) electrons. The van der Waals surface area contributed by atoms with E-state index in [2.05, 4.69) is 33.3 Å². The van der Waals surface area contributed by atoms with E-state index in [1.54, 1.807) is 0 Å². The Kier molecular flexibility index (Phi) is 4.07. The van der Waals surface area contributed by atoms with Crippen LogP contribution in [-0.4, -0.2) is 56.1 Å². The van der Waals surface area contributed by atoms with Gasteiger partial charge in [0, 0.05) is 70.2 Å². The highest BCUT2D eigenvalue weighted by Gasteiger charge is 2.52. The number of amides is 1. The second-order valence-electron chi connectivity index (χ2n) is 7.39. The third-order valence-corrected chi connectivity index (χ3v) is 6.06. The van der Waals surface area contributed by atoms with Crippen molar-refractivity contribution in [1.29, 1.82) is 0 Å². The summed E-state index contributed by atoms with van der Waals surface area (Å²) in [6.07, 6.45) is 10.3. The molecule has 2 saturated heterocycles. The zero-order valence-electron chi connectivity index (χ0n) is 14.9. The molecule has 4 heterocycles. The minimum absolute atomic E-state index is 0.0517. The summed E-state index contributed by atoms with van der Waals surface area (Å²) in [6, 6.07) is 4.14. The van der Waals surface area contributed by atoms with E-state index >= 15 is 0 Å². The Morgan fingerprint density at radius 1 is 1.20 bits per heavy atom. The fourth-order valence-electron chi connectivity index (χ4n) is 4.60. The lowest BCUT2D eigenvalue weighted by atomic mass is 9.74. The van der Waals surface area contributed by atoms with Crippen molar-refractivity contribution in [2.24, 2.45) is 7.05 Å². The highest BCUT2D eigenvalue weighted by atomic mass is 16.2. The number of rotatable bonds is 3. The maximum absolute atomic E-state index is 12.5. The summed E-state index contributed by atoms with van der Waals surface area (Å²) in [6.45, 7) is 2.95. The van der Waals surface area contributed by atoms with E-state index in [1.165, 1.54) is 11.1 Å². The number of likely N-dealkylation sites (N-methyl/N-ethyl adjacent to an activating group) is 1. The number of carbonyl (C=O) groups is 1. The Morgan fingerprint density at radius 3 is 2.56 bits per heavy atom. The minimum atomic E-state index is -0.0517. The minimum Gasteiger partial charge on any atom is -0.339 e. The van der Waals surface area contributed by atoms with Gasteiger partial charge in [0.05, 0.1) is 11.7 Å². The summed E-state index contributed by atoms with van der Waals surface area (Å²) in [5, 5.41) is 4.26. The third kappa shape index (κ3) is 2.84. The second-order valence-corrected chi connectivity index (χ2v) is 7.39. The molecule has 1 amide bonds. The molecular weight excluding hydrogens is 314 g/mol. The van der Waals surface area contributed by atoms with E-state index in [9.17, 15) is 4.79 Å². The highest BCUT2D eigenvalue weighted by Crippen LogP contribution is 2.48. The van der Waals surface area contributed by atoms with Crippen molar-refractivity contribution in [2.45, 2.75) is 37.3 Å². The van der Waals surface area contributed by atoms with Crippen LogP contribution in [0, 0.1) is 0 Å². The van der Waals surface area contributed by atoms with E-state index in [1.807, 2.05) is 42.3 Å². The van der Waals surface area contributed by atoms with Crippen LogP contribution in [0.1, 0.15) is 36.3 Å². The van der Waals surface area contributed by atoms with Crippen LogP contribution in [-0.2, 0) is 18.4 Å². The normalized spacial score (nSPS) is 23.5. The van der Waals surface area contributed by atoms with Crippen molar-refractivity contribution in [3.8, 4) is 0 Å². The molecule has 6 heteroatoms. The average molecular weight is 339 g/mol. The van der Waals surface area contributed by atoms with E-state index < -0.39 is 0 Å². The van der Waals surface area contributed by atoms with Crippen LogP contribution in [0.3, 0.4) is 0 Å². The summed E-state index contributed by atoms with van der Waals surface area (Å²) in [5.41, 5.74) is 2.44. The lowest BCUT2D eigenvalue weighted by Gasteiger charge is -2.46. The Morgan fingerprint density at radius 2 is 1.92 bits per heavy atom. The SMILES string of the molecule is CN1C(=O)C[C@@H](c2ccncc2)C12CCN(Cc1cnn(C)c1)CC2. The number of pyridine rings is 1. The summed E-state index contributed by atoms with van der Waals surface area (Å²) >= 11 is 0. The predicted molar refractivity (Wildman–Crippen MR) is 94.8 cm³/mol. The number of aryl methyl sites for hydroxylation is 1. The number of likely N-dealkylation sites (tertiary alicyclic amines) is 2. The van der Waals surface area contributed by atoms with Crippen LogP contribution in [0.15, 0.2) is 36.9 Å². The van der Waals surface area contributed by atoms with Gasteiger partial charge in [-0.2, -0.15) is 5.10 Å². The number of piperidine rings is 1. The van der Waals surface area contributed by atoms with E-state index in [0.29, 0.717) is 6.42 Å². The highest BCUT2D eigenvalue weighted by molar-refractivity contribution is 5.81. The summed E-state index contributed by atoms with van der Waals surface area (Å²) < 4.78 is 1.85. The van der Waals surface area contributed by atoms with Crippen LogP contribution in [0.5, 0.6) is 0 Å². The molecule has 0 N–H and O–H groups in total. The van der Waals surface area contributed by atoms with Gasteiger partial charge < -0.3 is 4.90 Å². The maximum atomic E-state index is 12.5. The molecule has 2 aliphatic heterocycles. The Labute approximate surface area is 148 Å². The summed E-state index contributed by atoms with van der Waals surface area (Å²) in [4.78, 5) is 21.1. The summed E-state index contributed by atoms with van der Waals surface area (Å²) in [5.74, 6) is 0.538. The van der Waals surface area contributed by atoms with Gasteiger partial charge in [0.15, 0.2) is 0 Å². The molecule has 2 fully saturated rings. The van der Waals surface area contributed by atoms with Gasteiger partial charge in [-0.05, 0) is 30.5 Å². The van der Waals surface area contributed by atoms with Crippen molar-refractivity contribution >= 4 is 5.91 Å². The number of hydrogen-bond acceptors (Lipinski definition) is 4. The molecule has 0 bridgehead atoms. The molecule has 2 aromatic heterocycles. The van der Waals surface area contributed by atoms with Crippen molar-refractivity contribution in [3.63, 3.8) is 0 Å². The average Bonchev–Trinajstić information content (AvgIpc) is 3.14. The largest absolute Gasteiger partial charge is 0.339 e. The topological polar surface area (TPSA) is 54.3 Å². The van der Waals surface area contributed by atoms with Gasteiger partial charge in [0.25, 0.3) is 0 Å². The zero-order chi connectivity index (χ0) is 17.4. The molecule has 1 spiro atoms. The second kappa shape index (κ2) is 6.26. The molecule has 0 aliphatic carbocycles. The molecule has 2 aromatic rings. The van der Waals surface area contributed by atoms with Gasteiger partial charge in [-0.25, -0.2) is 0 Å². The Balaban J connectivity index is 1.51. The first-order valence-corrected chi connectivity index (χ1v) is 8.95. The first kappa shape index (κ1) is 16.3. The Hall–Kier alpha value is -2.21. The Bertz CT molecular complexity index is 748. The van der Waals surface area contributed by atoms with Crippen molar-refractivity contribution in [1.82, 2.24) is 24.6 Å². The zero-order valence-corrected chi connectivity index (χ0v) is 14.9. The van der Waals surface area contributed by atoms with Gasteiger partial charge in [0.1, 0.15) is 0 Å². The van der Waals surface area contributed by atoms with Gasteiger partial charge in [-0.3, -0.25) is 19.4 Å². The lowest BCUT2D eigenvalue weighted by molar-refractivity contribution is -0.130. The van der Waals surface area contributed by atoms with Crippen LogP contribution in [0.25, 0.3) is 0 Å². The molecule has 132 valence electrons. The van der Waals surface area contributed by atoms with Crippen LogP contribution in [0.2, 0.25) is 0 Å². The number of hydrogen-bond donors (Lipinski definition) is 0. The number of carbonyl (C=O) groups excluding carboxylic acids is 1. The van der Waals surface area contributed by atoms with Crippen molar-refractivity contribution < 1.29 is 4.79 Å². The van der Waals surface area contributed by atoms with Crippen LogP contribution < -0.4 is 0 Å². The van der Waals surface area contributed by atoms with Crippen LogP contribution >= 0.6 is 0 Å². The molecule has 1 atom stereocenters. The quantitative estimate of drug-likeness (QED) is 0.856. The molecule has 0 saturated carbocycles. The molecule has 0 aromatic carbocycles. The molecular formula is C19H25N5O. The van der Waals surface area contributed by atoms with Gasteiger partial charge in [-0.15, -0.1) is 0 Å². The predicted octanol–water partition coefficient (Wildman–Crippen LogP) is 1.80. The van der Waals surface area contributed by atoms with Gasteiger partial charge >= 0.3 is 0 Å². The van der Waals surface area contributed by atoms with Gasteiger partial charge in [-0.1, -0.05) is 0 Å². The van der Waals surface area contributed by atoms with E-state index in [4.69, 9.17) is 0 Å². The maximum Gasteiger partial charge on any atom is 0.223 e. The first-order chi connectivity index (χ1) is 12.1. The third-order valence-electron chi connectivity index (χ3n) is 6.06. The van der Waals surface area contributed by atoms with Crippen molar-refractivity contribution in [2.75, 3.05) is 20.1 Å². The van der Waals surface area contributed by atoms with Gasteiger partial charge in [0.2, 0.25) is 5.91 Å². The van der Waals surface area contributed by atoms with Crippen molar-refractivity contribution in [3.05, 3.63) is 48.0 Å². The molecule has 25 heavy (non-hydrogen) atoms. The molecule has 2 aliphatic rings. The molecule has 0 unspecified atom stereocenters. The first-order valence-electron chi connectivity index (χ1n) is 8.95.